The van der Waals surface area contributed by atoms with Crippen molar-refractivity contribution < 1.29 is 19.0 Å². The number of hydrogen-bond acceptors (Lipinski definition) is 4. The Kier molecular flexibility index (Phi) is 5.79. The number of allylic oxidation sites excluding steroid dienone is 1. The van der Waals surface area contributed by atoms with E-state index < -0.39 is 0 Å². The van der Waals surface area contributed by atoms with Gasteiger partial charge in [0.1, 0.15) is 18.1 Å². The topological polar surface area (TPSA) is 44.8 Å². The van der Waals surface area contributed by atoms with Crippen molar-refractivity contribution in [2.75, 3.05) is 6.61 Å². The van der Waals surface area contributed by atoms with Crippen molar-refractivity contribution >= 4 is 5.78 Å². The van der Waals surface area contributed by atoms with Crippen molar-refractivity contribution in [1.29, 1.82) is 0 Å². The van der Waals surface area contributed by atoms with Crippen LogP contribution < -0.4 is 4.74 Å². The van der Waals surface area contributed by atoms with Crippen LogP contribution in [0.5, 0.6) is 5.75 Å². The second-order valence-electron chi connectivity index (χ2n) is 7.21. The van der Waals surface area contributed by atoms with Crippen LogP contribution >= 0.6 is 0 Å². The number of ether oxygens (including phenoxy) is 3. The zero-order valence-electron chi connectivity index (χ0n) is 15.4. The van der Waals surface area contributed by atoms with Crippen molar-refractivity contribution in [3.63, 3.8) is 0 Å². The van der Waals surface area contributed by atoms with E-state index in [4.69, 9.17) is 14.2 Å². The molecule has 1 heterocycles. The molecule has 4 heteroatoms. The third-order valence-electron chi connectivity index (χ3n) is 4.95. The van der Waals surface area contributed by atoms with Gasteiger partial charge in [-0.3, -0.25) is 4.79 Å². The average Bonchev–Trinajstić information content (AvgIpc) is 2.57. The van der Waals surface area contributed by atoms with Gasteiger partial charge in [0.05, 0.1) is 12.0 Å². The van der Waals surface area contributed by atoms with Gasteiger partial charge in [0.2, 0.25) is 11.5 Å². The van der Waals surface area contributed by atoms with Gasteiger partial charge in [-0.05, 0) is 56.4 Å². The maximum atomic E-state index is 12.8. The van der Waals surface area contributed by atoms with Crippen LogP contribution in [-0.2, 0) is 14.3 Å². The standard InChI is InChI=1S/C21H28O4/c1-4-5-8-23-16-6-7-18-19(12-16)24-13-20(21(18)22)25-17-10-14(2)9-15(3)11-17/h9-11,13,16,18-19H,4-8,12H2,1-3H3. The number of rotatable bonds is 6. The van der Waals surface area contributed by atoms with Gasteiger partial charge >= 0.3 is 0 Å². The lowest BCUT2D eigenvalue weighted by molar-refractivity contribution is -0.133. The van der Waals surface area contributed by atoms with E-state index in [9.17, 15) is 4.79 Å². The maximum absolute atomic E-state index is 12.8. The summed E-state index contributed by atoms with van der Waals surface area (Å²) in [6, 6.07) is 5.95. The summed E-state index contributed by atoms with van der Waals surface area (Å²) in [4.78, 5) is 12.8. The first-order valence-electron chi connectivity index (χ1n) is 9.34. The van der Waals surface area contributed by atoms with Gasteiger partial charge < -0.3 is 14.2 Å². The Morgan fingerprint density at radius 2 is 1.92 bits per heavy atom. The van der Waals surface area contributed by atoms with Crippen LogP contribution in [0.25, 0.3) is 0 Å². The summed E-state index contributed by atoms with van der Waals surface area (Å²) in [5.74, 6) is 0.951. The Balaban J connectivity index is 1.63. The monoisotopic (exact) mass is 344 g/mol. The fourth-order valence-corrected chi connectivity index (χ4v) is 3.67. The number of fused-ring (bicyclic) bond motifs is 1. The number of benzene rings is 1. The number of hydrogen-bond donors (Lipinski definition) is 0. The number of ketones is 1. The number of aryl methyl sites for hydroxylation is 2. The number of carbonyl (C=O) groups is 1. The largest absolute Gasteiger partial charge is 0.493 e. The molecule has 3 rings (SSSR count). The molecule has 4 nitrogen and oxygen atoms in total. The molecule has 1 aliphatic carbocycles. The second-order valence-corrected chi connectivity index (χ2v) is 7.21. The van der Waals surface area contributed by atoms with Crippen LogP contribution in [0.2, 0.25) is 0 Å². The van der Waals surface area contributed by atoms with E-state index in [0.29, 0.717) is 11.5 Å². The van der Waals surface area contributed by atoms with E-state index in [1.165, 1.54) is 6.26 Å². The predicted molar refractivity (Wildman–Crippen MR) is 96.5 cm³/mol. The molecule has 1 saturated carbocycles. The van der Waals surface area contributed by atoms with E-state index in [2.05, 4.69) is 13.0 Å². The van der Waals surface area contributed by atoms with Crippen LogP contribution in [0.15, 0.2) is 30.2 Å². The zero-order chi connectivity index (χ0) is 17.8. The van der Waals surface area contributed by atoms with Crippen molar-refractivity contribution in [2.24, 2.45) is 5.92 Å². The highest BCUT2D eigenvalue weighted by Gasteiger charge is 2.41. The first kappa shape index (κ1) is 18.0. The quantitative estimate of drug-likeness (QED) is 0.714. The minimum absolute atomic E-state index is 0.0578. The summed E-state index contributed by atoms with van der Waals surface area (Å²) in [6.07, 6.45) is 6.33. The third-order valence-corrected chi connectivity index (χ3v) is 4.95. The van der Waals surface area contributed by atoms with E-state index in [1.807, 2.05) is 26.0 Å². The molecule has 2 aliphatic rings. The lowest BCUT2D eigenvalue weighted by atomic mass is 9.80. The molecule has 0 aromatic heterocycles. The molecule has 3 unspecified atom stereocenters. The molecule has 1 aliphatic heterocycles. The summed E-state index contributed by atoms with van der Waals surface area (Å²) < 4.78 is 17.6. The highest BCUT2D eigenvalue weighted by atomic mass is 16.5. The van der Waals surface area contributed by atoms with E-state index in [0.717, 1.165) is 49.8 Å². The van der Waals surface area contributed by atoms with Crippen LogP contribution in [0.3, 0.4) is 0 Å². The summed E-state index contributed by atoms with van der Waals surface area (Å²) in [5, 5.41) is 0. The summed E-state index contributed by atoms with van der Waals surface area (Å²) >= 11 is 0. The lowest BCUT2D eigenvalue weighted by Gasteiger charge is -2.37. The first-order chi connectivity index (χ1) is 12.1. The Hall–Kier alpha value is -1.81. The molecule has 0 N–H and O–H groups in total. The van der Waals surface area contributed by atoms with Gasteiger partial charge in [-0.25, -0.2) is 0 Å². The third kappa shape index (κ3) is 4.43. The number of unbranched alkanes of at least 4 members (excludes halogenated alkanes) is 1. The van der Waals surface area contributed by atoms with Crippen molar-refractivity contribution in [3.05, 3.63) is 41.3 Å². The zero-order valence-corrected chi connectivity index (χ0v) is 15.4. The smallest absolute Gasteiger partial charge is 0.207 e. The minimum Gasteiger partial charge on any atom is -0.493 e. The normalized spacial score (nSPS) is 25.8. The number of carbonyl (C=O) groups excluding carboxylic acids is 1. The predicted octanol–water partition coefficient (Wildman–Crippen LogP) is 4.48. The Morgan fingerprint density at radius 3 is 2.64 bits per heavy atom. The van der Waals surface area contributed by atoms with Crippen LogP contribution in [0.1, 0.15) is 50.2 Å². The fourth-order valence-electron chi connectivity index (χ4n) is 3.67. The Labute approximate surface area is 150 Å². The molecular weight excluding hydrogens is 316 g/mol. The SMILES string of the molecule is CCCCOC1CCC2C(=O)C(Oc3cc(C)cc(C)c3)=COC2C1. The first-order valence-corrected chi connectivity index (χ1v) is 9.34. The Morgan fingerprint density at radius 1 is 1.16 bits per heavy atom. The molecule has 136 valence electrons. The van der Waals surface area contributed by atoms with E-state index >= 15 is 0 Å². The highest BCUT2D eigenvalue weighted by molar-refractivity contribution is 5.96. The molecule has 1 aromatic carbocycles. The molecule has 0 radical (unpaired) electrons. The number of Topliss-reactive ketones (excluding diaryl/α,β-unsaturated/α-hetero) is 1. The van der Waals surface area contributed by atoms with Crippen molar-refractivity contribution in [1.82, 2.24) is 0 Å². The molecule has 0 spiro atoms. The second kappa shape index (κ2) is 8.05. The molecule has 0 bridgehead atoms. The van der Waals surface area contributed by atoms with Crippen LogP contribution in [0.4, 0.5) is 0 Å². The fraction of sp³-hybridized carbons (Fsp3) is 0.571. The maximum Gasteiger partial charge on any atom is 0.207 e. The van der Waals surface area contributed by atoms with Gasteiger partial charge in [0.25, 0.3) is 0 Å². The average molecular weight is 344 g/mol. The van der Waals surface area contributed by atoms with Crippen LogP contribution in [0, 0.1) is 19.8 Å². The minimum atomic E-state index is -0.114. The molecule has 25 heavy (non-hydrogen) atoms. The lowest BCUT2D eigenvalue weighted by Crippen LogP contribution is -2.42. The summed E-state index contributed by atoms with van der Waals surface area (Å²) in [6.45, 7) is 6.99. The van der Waals surface area contributed by atoms with Gasteiger partial charge in [-0.2, -0.15) is 0 Å². The molecular formula is C21H28O4. The van der Waals surface area contributed by atoms with Gasteiger partial charge in [0.15, 0.2) is 0 Å². The van der Waals surface area contributed by atoms with Crippen LogP contribution in [-0.4, -0.2) is 24.6 Å². The van der Waals surface area contributed by atoms with Crippen molar-refractivity contribution in [3.8, 4) is 5.75 Å². The Bertz CT molecular complexity index is 629. The molecule has 3 atom stereocenters. The molecule has 0 amide bonds. The van der Waals surface area contributed by atoms with Gasteiger partial charge in [-0.1, -0.05) is 19.4 Å². The molecule has 1 fully saturated rings. The highest BCUT2D eigenvalue weighted by Crippen LogP contribution is 2.35. The summed E-state index contributed by atoms with van der Waals surface area (Å²) in [5.41, 5.74) is 2.23. The van der Waals surface area contributed by atoms with E-state index in [-0.39, 0.29) is 23.9 Å². The molecule has 1 aromatic rings. The van der Waals surface area contributed by atoms with Gasteiger partial charge in [-0.15, -0.1) is 0 Å². The molecule has 0 saturated heterocycles. The van der Waals surface area contributed by atoms with Crippen molar-refractivity contribution in [2.45, 2.75) is 65.1 Å². The summed E-state index contributed by atoms with van der Waals surface area (Å²) in [7, 11) is 0. The van der Waals surface area contributed by atoms with Gasteiger partial charge in [0, 0.05) is 13.0 Å². The van der Waals surface area contributed by atoms with E-state index in [1.54, 1.807) is 0 Å².